The van der Waals surface area contributed by atoms with Crippen molar-refractivity contribution in [2.75, 3.05) is 19.5 Å². The van der Waals surface area contributed by atoms with Gasteiger partial charge in [0, 0.05) is 12.1 Å². The molecule has 0 aliphatic carbocycles. The molecule has 0 unspecified atom stereocenters. The molecule has 29 heavy (non-hydrogen) atoms. The van der Waals surface area contributed by atoms with Gasteiger partial charge in [0.05, 0.1) is 31.8 Å². The van der Waals surface area contributed by atoms with Gasteiger partial charge in [0.1, 0.15) is 0 Å². The highest BCUT2D eigenvalue weighted by Gasteiger charge is 2.11. The number of aromatic nitrogens is 3. The van der Waals surface area contributed by atoms with Gasteiger partial charge in [-0.2, -0.15) is 0 Å². The van der Waals surface area contributed by atoms with Crippen LogP contribution in [0.1, 0.15) is 37.4 Å². The predicted octanol–water partition coefficient (Wildman–Crippen LogP) is 3.98. The lowest BCUT2D eigenvalue weighted by Crippen LogP contribution is -2.13. The van der Waals surface area contributed by atoms with Gasteiger partial charge in [0.15, 0.2) is 11.5 Å². The van der Waals surface area contributed by atoms with Crippen molar-refractivity contribution in [2.24, 2.45) is 0 Å². The quantitative estimate of drug-likeness (QED) is 0.625. The average Bonchev–Trinajstić information content (AvgIpc) is 3.22. The Hall–Kier alpha value is -3.35. The van der Waals surface area contributed by atoms with E-state index in [1.807, 2.05) is 42.5 Å². The molecule has 1 heterocycles. The lowest BCUT2D eigenvalue weighted by molar-refractivity contribution is -0.116. The molecule has 0 aliphatic rings. The molecule has 0 saturated carbocycles. The molecule has 0 saturated heterocycles. The Morgan fingerprint density at radius 2 is 1.90 bits per heavy atom. The molecule has 0 bridgehead atoms. The maximum atomic E-state index is 12.4. The number of nitrogens with zero attached hydrogens (tertiary/aromatic N) is 3. The van der Waals surface area contributed by atoms with E-state index >= 15 is 0 Å². The highest BCUT2D eigenvalue weighted by Crippen LogP contribution is 2.28. The van der Waals surface area contributed by atoms with Gasteiger partial charge in [0.2, 0.25) is 5.91 Å². The molecule has 0 radical (unpaired) electrons. The van der Waals surface area contributed by atoms with Gasteiger partial charge in [0.25, 0.3) is 0 Å². The van der Waals surface area contributed by atoms with E-state index in [0.717, 1.165) is 22.6 Å². The number of benzene rings is 2. The second kappa shape index (κ2) is 9.23. The molecule has 7 nitrogen and oxygen atoms in total. The van der Waals surface area contributed by atoms with Crippen molar-refractivity contribution in [3.63, 3.8) is 0 Å². The molecule has 1 amide bonds. The number of nitrogens with one attached hydrogen (secondary N) is 1. The largest absolute Gasteiger partial charge is 0.493 e. The van der Waals surface area contributed by atoms with E-state index in [1.54, 1.807) is 25.1 Å². The highest BCUT2D eigenvalue weighted by atomic mass is 16.5. The van der Waals surface area contributed by atoms with Gasteiger partial charge in [-0.3, -0.25) is 4.79 Å². The van der Waals surface area contributed by atoms with Crippen LogP contribution >= 0.6 is 0 Å². The fraction of sp³-hybridized carbons (Fsp3) is 0.318. The van der Waals surface area contributed by atoms with E-state index in [2.05, 4.69) is 29.5 Å². The molecule has 2 aromatic carbocycles. The summed E-state index contributed by atoms with van der Waals surface area (Å²) in [7, 11) is 3.20. The first kappa shape index (κ1) is 20.4. The molecule has 1 aromatic heterocycles. The smallest absolute Gasteiger partial charge is 0.224 e. The second-order valence-electron chi connectivity index (χ2n) is 7.01. The zero-order chi connectivity index (χ0) is 20.8. The fourth-order valence-electron chi connectivity index (χ4n) is 3.07. The zero-order valence-corrected chi connectivity index (χ0v) is 17.2. The number of hydrogen-bond donors (Lipinski definition) is 1. The Morgan fingerprint density at radius 1 is 1.10 bits per heavy atom. The van der Waals surface area contributed by atoms with Crippen molar-refractivity contribution in [3.8, 4) is 17.2 Å². The minimum absolute atomic E-state index is 0.0559. The van der Waals surface area contributed by atoms with E-state index in [-0.39, 0.29) is 5.91 Å². The number of amides is 1. The van der Waals surface area contributed by atoms with Crippen molar-refractivity contribution in [3.05, 3.63) is 59.9 Å². The van der Waals surface area contributed by atoms with E-state index in [0.29, 0.717) is 30.3 Å². The molecule has 0 fully saturated rings. The van der Waals surface area contributed by atoms with Gasteiger partial charge in [-0.15, -0.1) is 5.10 Å². The molecule has 0 atom stereocenters. The minimum atomic E-state index is -0.0559. The summed E-state index contributed by atoms with van der Waals surface area (Å²) in [6.45, 7) is 4.18. The van der Waals surface area contributed by atoms with Crippen LogP contribution in [0.5, 0.6) is 11.5 Å². The average molecular weight is 394 g/mol. The van der Waals surface area contributed by atoms with E-state index in [4.69, 9.17) is 9.47 Å². The fourth-order valence-corrected chi connectivity index (χ4v) is 3.07. The Bertz CT molecular complexity index is 982. The van der Waals surface area contributed by atoms with Crippen LogP contribution in [0.2, 0.25) is 0 Å². The summed E-state index contributed by atoms with van der Waals surface area (Å²) in [6, 6.07) is 13.3. The second-order valence-corrected chi connectivity index (χ2v) is 7.01. The summed E-state index contributed by atoms with van der Waals surface area (Å²) in [5.74, 6) is 1.57. The third kappa shape index (κ3) is 4.93. The number of anilines is 1. The molecular formula is C22H26N4O3. The van der Waals surface area contributed by atoms with Gasteiger partial charge >= 0.3 is 0 Å². The van der Waals surface area contributed by atoms with Crippen LogP contribution in [0.4, 0.5) is 5.69 Å². The van der Waals surface area contributed by atoms with E-state index in [1.165, 1.54) is 0 Å². The minimum Gasteiger partial charge on any atom is -0.493 e. The van der Waals surface area contributed by atoms with Crippen LogP contribution in [-0.2, 0) is 11.2 Å². The van der Waals surface area contributed by atoms with Gasteiger partial charge in [-0.05, 0) is 48.2 Å². The summed E-state index contributed by atoms with van der Waals surface area (Å²) < 4.78 is 12.4. The molecule has 3 aromatic rings. The number of rotatable bonds is 8. The van der Waals surface area contributed by atoms with Crippen LogP contribution in [0, 0.1) is 0 Å². The molecule has 1 N–H and O–H groups in total. The molecule has 3 rings (SSSR count). The van der Waals surface area contributed by atoms with Crippen LogP contribution in [0.3, 0.4) is 0 Å². The van der Waals surface area contributed by atoms with E-state index in [9.17, 15) is 4.79 Å². The number of carbonyl (C=O) groups is 1. The normalized spacial score (nSPS) is 10.8. The highest BCUT2D eigenvalue weighted by molar-refractivity contribution is 5.91. The summed E-state index contributed by atoms with van der Waals surface area (Å²) in [6.07, 6.45) is 2.73. The Kier molecular flexibility index (Phi) is 6.49. The molecule has 7 heteroatoms. The van der Waals surface area contributed by atoms with Gasteiger partial charge in [-0.25, -0.2) is 4.68 Å². The van der Waals surface area contributed by atoms with Crippen LogP contribution in [0.25, 0.3) is 5.69 Å². The van der Waals surface area contributed by atoms with Crippen LogP contribution < -0.4 is 14.8 Å². The number of carbonyl (C=O) groups excluding carboxylic acids is 1. The number of ether oxygens (including phenoxy) is 2. The first-order valence-corrected chi connectivity index (χ1v) is 9.53. The molecule has 0 aliphatic heterocycles. The summed E-state index contributed by atoms with van der Waals surface area (Å²) in [5.41, 5.74) is 3.62. The Labute approximate surface area is 170 Å². The maximum Gasteiger partial charge on any atom is 0.224 e. The van der Waals surface area contributed by atoms with Crippen molar-refractivity contribution in [2.45, 2.75) is 32.6 Å². The van der Waals surface area contributed by atoms with E-state index < -0.39 is 0 Å². The molecule has 0 spiro atoms. The Morgan fingerprint density at radius 3 is 2.62 bits per heavy atom. The first-order valence-electron chi connectivity index (χ1n) is 9.53. The topological polar surface area (TPSA) is 78.3 Å². The first-order chi connectivity index (χ1) is 14.0. The van der Waals surface area contributed by atoms with Crippen LogP contribution in [-0.4, -0.2) is 35.1 Å². The third-order valence-corrected chi connectivity index (χ3v) is 4.63. The number of methoxy groups -OCH3 is 2. The summed E-state index contributed by atoms with van der Waals surface area (Å²) >= 11 is 0. The lowest BCUT2D eigenvalue weighted by atomic mass is 10.1. The lowest BCUT2D eigenvalue weighted by Gasteiger charge is -2.11. The van der Waals surface area contributed by atoms with Crippen LogP contribution in [0.15, 0.2) is 48.7 Å². The summed E-state index contributed by atoms with van der Waals surface area (Å²) in [4.78, 5) is 12.4. The standard InChI is InChI=1S/C22H26N4O3/c1-15(2)19-14-23-25-26(19)18-7-5-6-17(13-18)24-22(27)11-9-16-8-10-20(28-3)21(12-16)29-4/h5-8,10,12-15H,9,11H2,1-4H3,(H,24,27). The molecule has 152 valence electrons. The zero-order valence-electron chi connectivity index (χ0n) is 17.2. The van der Waals surface area contributed by atoms with Crippen molar-refractivity contribution < 1.29 is 14.3 Å². The van der Waals surface area contributed by atoms with Crippen molar-refractivity contribution in [1.29, 1.82) is 0 Å². The van der Waals surface area contributed by atoms with Gasteiger partial charge < -0.3 is 14.8 Å². The van der Waals surface area contributed by atoms with Gasteiger partial charge in [-0.1, -0.05) is 31.2 Å². The van der Waals surface area contributed by atoms with Crippen molar-refractivity contribution in [1.82, 2.24) is 15.0 Å². The van der Waals surface area contributed by atoms with Crippen molar-refractivity contribution >= 4 is 11.6 Å². The SMILES string of the molecule is COc1ccc(CCC(=O)Nc2cccc(-n3nncc3C(C)C)c2)cc1OC. The maximum absolute atomic E-state index is 12.4. The third-order valence-electron chi connectivity index (χ3n) is 4.63. The summed E-state index contributed by atoms with van der Waals surface area (Å²) in [5, 5.41) is 11.1. The predicted molar refractivity (Wildman–Crippen MR) is 112 cm³/mol. The monoisotopic (exact) mass is 394 g/mol. The molecular weight excluding hydrogens is 368 g/mol. The Balaban J connectivity index is 1.65. The number of aryl methyl sites for hydroxylation is 1. The number of hydrogen-bond acceptors (Lipinski definition) is 5.